The highest BCUT2D eigenvalue weighted by Gasteiger charge is 2.09. The van der Waals surface area contributed by atoms with Crippen LogP contribution >= 0.6 is 0 Å². The van der Waals surface area contributed by atoms with Gasteiger partial charge in [-0.1, -0.05) is 31.2 Å². The largest absolute Gasteiger partial charge is 0.482 e. The van der Waals surface area contributed by atoms with E-state index in [9.17, 15) is 9.59 Å². The highest BCUT2D eigenvalue weighted by molar-refractivity contribution is 5.82. The summed E-state index contributed by atoms with van der Waals surface area (Å²) in [5.74, 6) is 0.291. The minimum atomic E-state index is -0.552. The van der Waals surface area contributed by atoms with E-state index in [2.05, 4.69) is 6.92 Å². The summed E-state index contributed by atoms with van der Waals surface area (Å²) in [6.07, 6.45) is 1.59. The first-order valence-corrected chi connectivity index (χ1v) is 6.69. The van der Waals surface area contributed by atoms with Crippen molar-refractivity contribution in [2.75, 3.05) is 6.61 Å². The van der Waals surface area contributed by atoms with Crippen LogP contribution in [0.2, 0.25) is 0 Å². The quantitative estimate of drug-likeness (QED) is 0.465. The Balaban J connectivity index is 1.91. The molecule has 0 aliphatic heterocycles. The Hall–Kier alpha value is -2.62. The number of carbonyl (C=O) groups excluding carboxylic acids is 2. The molecule has 0 saturated heterocycles. The van der Waals surface area contributed by atoms with Crippen molar-refractivity contribution >= 4 is 12.3 Å². The average molecular weight is 284 g/mol. The van der Waals surface area contributed by atoms with Crippen LogP contribution in [-0.2, 0) is 11.2 Å². The first-order valence-electron chi connectivity index (χ1n) is 6.69. The van der Waals surface area contributed by atoms with E-state index in [-0.39, 0.29) is 12.4 Å². The van der Waals surface area contributed by atoms with Crippen LogP contribution in [0.3, 0.4) is 0 Å². The smallest absolute Gasteiger partial charge is 0.349 e. The minimum absolute atomic E-state index is 0.210. The molecule has 0 radical (unpaired) electrons. The molecule has 0 fully saturated rings. The molecule has 0 amide bonds. The zero-order chi connectivity index (χ0) is 15.1. The lowest BCUT2D eigenvalue weighted by atomic mass is 10.2. The van der Waals surface area contributed by atoms with E-state index < -0.39 is 5.97 Å². The summed E-state index contributed by atoms with van der Waals surface area (Å²) in [5, 5.41) is 0. The van der Waals surface area contributed by atoms with Gasteiger partial charge in [0.2, 0.25) is 0 Å². The predicted molar refractivity (Wildman–Crippen MR) is 78.8 cm³/mol. The second-order valence-corrected chi connectivity index (χ2v) is 4.42. The number of carbonyl (C=O) groups is 2. The fourth-order valence-corrected chi connectivity index (χ4v) is 1.79. The molecule has 0 unspecified atom stereocenters. The lowest BCUT2D eigenvalue weighted by Crippen LogP contribution is -2.18. The van der Waals surface area contributed by atoms with Crippen LogP contribution in [0.4, 0.5) is 0 Å². The van der Waals surface area contributed by atoms with Crippen molar-refractivity contribution in [2.45, 2.75) is 13.3 Å². The van der Waals surface area contributed by atoms with Gasteiger partial charge in [-0.3, -0.25) is 4.79 Å². The lowest BCUT2D eigenvalue weighted by molar-refractivity contribution is -0.136. The molecule has 0 aromatic heterocycles. The van der Waals surface area contributed by atoms with Crippen LogP contribution in [0, 0.1) is 0 Å². The van der Waals surface area contributed by atoms with Crippen molar-refractivity contribution in [3.8, 4) is 11.5 Å². The van der Waals surface area contributed by atoms with E-state index in [0.717, 1.165) is 6.42 Å². The first-order chi connectivity index (χ1) is 10.2. The van der Waals surface area contributed by atoms with E-state index in [0.29, 0.717) is 17.6 Å². The molecule has 0 N–H and O–H groups in total. The maximum atomic E-state index is 11.7. The number of hydrogen-bond donors (Lipinski definition) is 0. The van der Waals surface area contributed by atoms with Crippen molar-refractivity contribution < 1.29 is 19.1 Å². The topological polar surface area (TPSA) is 52.6 Å². The molecule has 4 heteroatoms. The molecule has 2 rings (SSSR count). The predicted octanol–water partition coefficient (Wildman–Crippen LogP) is 3.05. The molecule has 0 heterocycles. The van der Waals surface area contributed by atoms with Crippen LogP contribution in [0.15, 0.2) is 48.5 Å². The number of aryl methyl sites for hydroxylation is 1. The number of para-hydroxylation sites is 1. The van der Waals surface area contributed by atoms with Crippen molar-refractivity contribution in [3.05, 3.63) is 59.7 Å². The van der Waals surface area contributed by atoms with Crippen molar-refractivity contribution in [3.63, 3.8) is 0 Å². The van der Waals surface area contributed by atoms with Gasteiger partial charge in [-0.05, 0) is 36.2 Å². The Morgan fingerprint density at radius 3 is 2.48 bits per heavy atom. The highest BCUT2D eigenvalue weighted by atomic mass is 16.6. The molecule has 0 atom stereocenters. The Labute approximate surface area is 123 Å². The lowest BCUT2D eigenvalue weighted by Gasteiger charge is -2.08. The van der Waals surface area contributed by atoms with Crippen molar-refractivity contribution in [1.29, 1.82) is 0 Å². The summed E-state index contributed by atoms with van der Waals surface area (Å²) in [4.78, 5) is 22.5. The zero-order valence-electron chi connectivity index (χ0n) is 11.7. The van der Waals surface area contributed by atoms with Gasteiger partial charge in [0.05, 0.1) is 5.56 Å². The van der Waals surface area contributed by atoms with E-state index in [1.165, 1.54) is 5.56 Å². The van der Waals surface area contributed by atoms with Gasteiger partial charge in [0.1, 0.15) is 11.5 Å². The second-order valence-electron chi connectivity index (χ2n) is 4.42. The van der Waals surface area contributed by atoms with E-state index in [1.54, 1.807) is 24.3 Å². The number of rotatable bonds is 6. The van der Waals surface area contributed by atoms with Crippen molar-refractivity contribution in [1.82, 2.24) is 0 Å². The van der Waals surface area contributed by atoms with Crippen molar-refractivity contribution in [2.24, 2.45) is 0 Å². The van der Waals surface area contributed by atoms with Gasteiger partial charge in [-0.25, -0.2) is 4.79 Å². The molecule has 108 valence electrons. The minimum Gasteiger partial charge on any atom is -0.482 e. The maximum absolute atomic E-state index is 11.7. The van der Waals surface area contributed by atoms with E-state index in [1.807, 2.05) is 24.3 Å². The fourth-order valence-electron chi connectivity index (χ4n) is 1.79. The zero-order valence-corrected chi connectivity index (χ0v) is 11.7. The van der Waals surface area contributed by atoms with Crippen LogP contribution in [0.1, 0.15) is 22.8 Å². The molecule has 2 aromatic carbocycles. The maximum Gasteiger partial charge on any atom is 0.349 e. The van der Waals surface area contributed by atoms with Gasteiger partial charge in [0.25, 0.3) is 0 Å². The molecule has 4 nitrogen and oxygen atoms in total. The Morgan fingerprint density at radius 2 is 1.81 bits per heavy atom. The third-order valence-electron chi connectivity index (χ3n) is 2.96. The molecular formula is C17H16O4. The standard InChI is InChI=1S/C17H16O4/c1-2-13-7-9-15(10-8-13)20-12-17(19)21-16-6-4-3-5-14(16)11-18/h3-11H,2,12H2,1H3. The third-order valence-corrected chi connectivity index (χ3v) is 2.96. The number of hydrogen-bond acceptors (Lipinski definition) is 4. The third kappa shape index (κ3) is 4.18. The molecule has 0 saturated carbocycles. The van der Waals surface area contributed by atoms with Gasteiger partial charge < -0.3 is 9.47 Å². The Kier molecular flexibility index (Phi) is 5.10. The van der Waals surface area contributed by atoms with Gasteiger partial charge in [0.15, 0.2) is 12.9 Å². The number of ether oxygens (including phenoxy) is 2. The normalized spacial score (nSPS) is 9.95. The van der Waals surface area contributed by atoms with Crippen LogP contribution < -0.4 is 9.47 Å². The monoisotopic (exact) mass is 284 g/mol. The summed E-state index contributed by atoms with van der Waals surface area (Å²) in [5.41, 5.74) is 1.53. The second kappa shape index (κ2) is 7.24. The molecule has 0 spiro atoms. The highest BCUT2D eigenvalue weighted by Crippen LogP contribution is 2.16. The SMILES string of the molecule is CCc1ccc(OCC(=O)Oc2ccccc2C=O)cc1. The summed E-state index contributed by atoms with van der Waals surface area (Å²) in [6.45, 7) is 1.86. The van der Waals surface area contributed by atoms with Gasteiger partial charge in [0, 0.05) is 0 Å². The molecule has 2 aromatic rings. The van der Waals surface area contributed by atoms with Crippen LogP contribution in [0.25, 0.3) is 0 Å². The summed E-state index contributed by atoms with van der Waals surface area (Å²) in [6, 6.07) is 14.1. The summed E-state index contributed by atoms with van der Waals surface area (Å²) >= 11 is 0. The van der Waals surface area contributed by atoms with Gasteiger partial charge in [-0.2, -0.15) is 0 Å². The van der Waals surface area contributed by atoms with Crippen LogP contribution in [0.5, 0.6) is 11.5 Å². The number of benzene rings is 2. The van der Waals surface area contributed by atoms with Gasteiger partial charge in [-0.15, -0.1) is 0 Å². The molecule has 21 heavy (non-hydrogen) atoms. The van der Waals surface area contributed by atoms with Gasteiger partial charge >= 0.3 is 5.97 Å². The fraction of sp³-hybridized carbons (Fsp3) is 0.176. The Morgan fingerprint density at radius 1 is 1.10 bits per heavy atom. The summed E-state index contributed by atoms with van der Waals surface area (Å²) < 4.78 is 10.5. The molecule has 0 aliphatic carbocycles. The summed E-state index contributed by atoms with van der Waals surface area (Å²) in [7, 11) is 0. The van der Waals surface area contributed by atoms with Crippen LogP contribution in [-0.4, -0.2) is 18.9 Å². The Bertz CT molecular complexity index is 617. The average Bonchev–Trinajstić information content (AvgIpc) is 2.54. The number of aldehydes is 1. The molecule has 0 bridgehead atoms. The molecule has 0 aliphatic rings. The van der Waals surface area contributed by atoms with E-state index >= 15 is 0 Å². The molecular weight excluding hydrogens is 268 g/mol. The van der Waals surface area contributed by atoms with E-state index in [4.69, 9.17) is 9.47 Å². The first kappa shape index (κ1) is 14.8. The number of esters is 1.